The summed E-state index contributed by atoms with van der Waals surface area (Å²) in [6, 6.07) is 12.5. The second-order valence-electron chi connectivity index (χ2n) is 4.61. The Labute approximate surface area is 100 Å². The molecule has 1 heterocycles. The van der Waals surface area contributed by atoms with Crippen molar-refractivity contribution in [2.24, 2.45) is 0 Å². The number of nitrogens with two attached hydrogens (primary N) is 1. The van der Waals surface area contributed by atoms with E-state index in [0.717, 1.165) is 27.5 Å². The molecule has 17 heavy (non-hydrogen) atoms. The van der Waals surface area contributed by atoms with Crippen LogP contribution < -0.4 is 5.73 Å². The molecule has 3 aromatic rings. The smallest absolute Gasteiger partial charge is 0.0939 e. The van der Waals surface area contributed by atoms with E-state index in [9.17, 15) is 0 Å². The maximum absolute atomic E-state index is 6.02. The first kappa shape index (κ1) is 10.1. The molecule has 0 bridgehead atoms. The lowest BCUT2D eigenvalue weighted by Crippen LogP contribution is -1.92. The first-order chi connectivity index (χ1) is 8.13. The van der Waals surface area contributed by atoms with Crippen LogP contribution in [0.5, 0.6) is 0 Å². The molecule has 2 nitrogen and oxygen atoms in total. The Morgan fingerprint density at radius 2 is 1.71 bits per heavy atom. The summed E-state index contributed by atoms with van der Waals surface area (Å²) in [6.45, 7) is 4.12. The van der Waals surface area contributed by atoms with Crippen molar-refractivity contribution < 1.29 is 0 Å². The molecule has 0 saturated heterocycles. The van der Waals surface area contributed by atoms with Crippen LogP contribution in [0.3, 0.4) is 0 Å². The molecule has 0 atom stereocenters. The largest absolute Gasteiger partial charge is 0.397 e. The number of nitrogen functional groups attached to an aromatic ring is 1. The van der Waals surface area contributed by atoms with Gasteiger partial charge in [-0.05, 0) is 49.2 Å². The average Bonchev–Trinajstić information content (AvgIpc) is 2.27. The van der Waals surface area contributed by atoms with Crippen molar-refractivity contribution in [2.75, 3.05) is 5.73 Å². The van der Waals surface area contributed by atoms with Gasteiger partial charge < -0.3 is 5.73 Å². The molecule has 1 aromatic heterocycles. The Balaban J connectivity index is 2.48. The number of aromatic nitrogens is 1. The normalized spacial score (nSPS) is 11.2. The van der Waals surface area contributed by atoms with E-state index < -0.39 is 0 Å². The number of fused-ring (bicyclic) bond motifs is 2. The molecular formula is C15H14N2. The summed E-state index contributed by atoms with van der Waals surface area (Å²) in [5.74, 6) is 0. The zero-order valence-electron chi connectivity index (χ0n) is 9.99. The monoisotopic (exact) mass is 222 g/mol. The van der Waals surface area contributed by atoms with E-state index >= 15 is 0 Å². The molecule has 0 fully saturated rings. The van der Waals surface area contributed by atoms with E-state index in [1.54, 1.807) is 0 Å². The van der Waals surface area contributed by atoms with Crippen molar-refractivity contribution in [2.45, 2.75) is 13.8 Å². The van der Waals surface area contributed by atoms with Crippen LogP contribution in [0.4, 0.5) is 5.69 Å². The van der Waals surface area contributed by atoms with Gasteiger partial charge >= 0.3 is 0 Å². The Kier molecular flexibility index (Phi) is 2.05. The van der Waals surface area contributed by atoms with Gasteiger partial charge in [-0.2, -0.15) is 0 Å². The van der Waals surface area contributed by atoms with Gasteiger partial charge in [-0.15, -0.1) is 0 Å². The van der Waals surface area contributed by atoms with Gasteiger partial charge in [-0.1, -0.05) is 12.1 Å². The van der Waals surface area contributed by atoms with Crippen LogP contribution in [0.1, 0.15) is 11.1 Å². The molecule has 3 rings (SSSR count). The van der Waals surface area contributed by atoms with Gasteiger partial charge in [0.1, 0.15) is 0 Å². The summed E-state index contributed by atoms with van der Waals surface area (Å²) >= 11 is 0. The van der Waals surface area contributed by atoms with Gasteiger partial charge in [0.15, 0.2) is 0 Å². The van der Waals surface area contributed by atoms with E-state index in [0.29, 0.717) is 0 Å². The van der Waals surface area contributed by atoms with Crippen molar-refractivity contribution in [1.82, 2.24) is 4.98 Å². The van der Waals surface area contributed by atoms with E-state index in [-0.39, 0.29) is 0 Å². The van der Waals surface area contributed by atoms with E-state index in [1.165, 1.54) is 11.1 Å². The van der Waals surface area contributed by atoms with Gasteiger partial charge in [-0.3, -0.25) is 0 Å². The fraction of sp³-hybridized carbons (Fsp3) is 0.133. The number of anilines is 1. The van der Waals surface area contributed by atoms with Crippen LogP contribution in [0, 0.1) is 13.8 Å². The molecule has 0 saturated carbocycles. The minimum Gasteiger partial charge on any atom is -0.397 e. The highest BCUT2D eigenvalue weighted by molar-refractivity contribution is 5.98. The lowest BCUT2D eigenvalue weighted by Gasteiger charge is -2.06. The van der Waals surface area contributed by atoms with Crippen LogP contribution in [-0.2, 0) is 0 Å². The molecule has 2 aromatic carbocycles. The first-order valence-corrected chi connectivity index (χ1v) is 5.71. The predicted octanol–water partition coefficient (Wildman–Crippen LogP) is 3.59. The highest BCUT2D eigenvalue weighted by Crippen LogP contribution is 2.25. The van der Waals surface area contributed by atoms with Gasteiger partial charge in [0.25, 0.3) is 0 Å². The summed E-state index contributed by atoms with van der Waals surface area (Å²) in [5, 5.41) is 2.27. The summed E-state index contributed by atoms with van der Waals surface area (Å²) in [6.07, 6.45) is 0. The molecule has 0 radical (unpaired) electrons. The highest BCUT2D eigenvalue weighted by Gasteiger charge is 2.04. The molecule has 2 heteroatoms. The molecule has 2 N–H and O–H groups in total. The Bertz CT molecular complexity index is 730. The third kappa shape index (κ3) is 1.62. The van der Waals surface area contributed by atoms with Crippen molar-refractivity contribution in [3.05, 3.63) is 47.5 Å². The molecule has 84 valence electrons. The van der Waals surface area contributed by atoms with E-state index in [4.69, 9.17) is 5.73 Å². The SMILES string of the molecule is Cc1cc(N)c2nc3cc(C)ccc3cc2c1. The van der Waals surface area contributed by atoms with Crippen LogP contribution in [0.2, 0.25) is 0 Å². The third-order valence-electron chi connectivity index (χ3n) is 3.04. The van der Waals surface area contributed by atoms with E-state index in [2.05, 4.69) is 49.2 Å². The van der Waals surface area contributed by atoms with Gasteiger partial charge in [0, 0.05) is 10.8 Å². The minimum absolute atomic E-state index is 0.753. The second-order valence-corrected chi connectivity index (χ2v) is 4.61. The van der Waals surface area contributed by atoms with Crippen LogP contribution in [0.25, 0.3) is 21.8 Å². The minimum atomic E-state index is 0.753. The van der Waals surface area contributed by atoms with Gasteiger partial charge in [-0.25, -0.2) is 4.98 Å². The molecule has 0 amide bonds. The number of nitrogens with zero attached hydrogens (tertiary/aromatic N) is 1. The van der Waals surface area contributed by atoms with Crippen LogP contribution in [0.15, 0.2) is 36.4 Å². The fourth-order valence-corrected chi connectivity index (χ4v) is 2.24. The first-order valence-electron chi connectivity index (χ1n) is 5.71. The Morgan fingerprint density at radius 1 is 0.882 bits per heavy atom. The lowest BCUT2D eigenvalue weighted by molar-refractivity contribution is 1.43. The zero-order valence-corrected chi connectivity index (χ0v) is 9.99. The number of rotatable bonds is 0. The highest BCUT2D eigenvalue weighted by atomic mass is 14.7. The number of pyridine rings is 1. The van der Waals surface area contributed by atoms with E-state index in [1.807, 2.05) is 6.07 Å². The van der Waals surface area contributed by atoms with Gasteiger partial charge in [0.05, 0.1) is 16.7 Å². The molecule has 0 unspecified atom stereocenters. The van der Waals surface area contributed by atoms with Crippen molar-refractivity contribution in [1.29, 1.82) is 0 Å². The number of benzene rings is 2. The summed E-state index contributed by atoms with van der Waals surface area (Å²) < 4.78 is 0. The topological polar surface area (TPSA) is 38.9 Å². The van der Waals surface area contributed by atoms with Crippen LogP contribution in [-0.4, -0.2) is 4.98 Å². The third-order valence-corrected chi connectivity index (χ3v) is 3.04. The van der Waals surface area contributed by atoms with Gasteiger partial charge in [0.2, 0.25) is 0 Å². The Hall–Kier alpha value is -2.09. The standard InChI is InChI=1S/C15H14N2/c1-9-3-4-11-8-12-5-10(2)6-13(16)15(12)17-14(11)7-9/h3-8H,16H2,1-2H3. The molecule has 0 spiro atoms. The lowest BCUT2D eigenvalue weighted by atomic mass is 10.1. The maximum Gasteiger partial charge on any atom is 0.0939 e. The molecular weight excluding hydrogens is 208 g/mol. The molecule has 0 aliphatic heterocycles. The zero-order chi connectivity index (χ0) is 12.0. The Morgan fingerprint density at radius 3 is 2.53 bits per heavy atom. The predicted molar refractivity (Wildman–Crippen MR) is 73.1 cm³/mol. The fourth-order valence-electron chi connectivity index (χ4n) is 2.24. The summed E-state index contributed by atoms with van der Waals surface area (Å²) in [5.41, 5.74) is 11.1. The summed E-state index contributed by atoms with van der Waals surface area (Å²) in [4.78, 5) is 4.65. The number of hydrogen-bond donors (Lipinski definition) is 1. The molecule has 0 aliphatic rings. The van der Waals surface area contributed by atoms with Crippen LogP contribution >= 0.6 is 0 Å². The quantitative estimate of drug-likeness (QED) is 0.466. The van der Waals surface area contributed by atoms with Crippen molar-refractivity contribution in [3.63, 3.8) is 0 Å². The second kappa shape index (κ2) is 3.45. The molecule has 0 aliphatic carbocycles. The number of hydrogen-bond acceptors (Lipinski definition) is 2. The number of aryl methyl sites for hydroxylation is 2. The van der Waals surface area contributed by atoms with Crippen molar-refractivity contribution >= 4 is 27.5 Å². The summed E-state index contributed by atoms with van der Waals surface area (Å²) in [7, 11) is 0. The maximum atomic E-state index is 6.02. The van der Waals surface area contributed by atoms with Crippen molar-refractivity contribution in [3.8, 4) is 0 Å². The average molecular weight is 222 g/mol.